The first-order chi connectivity index (χ1) is 11.7. The van der Waals surface area contributed by atoms with Crippen molar-refractivity contribution in [3.63, 3.8) is 0 Å². The van der Waals surface area contributed by atoms with E-state index >= 15 is 0 Å². The lowest BCUT2D eigenvalue weighted by Gasteiger charge is -2.31. The van der Waals surface area contributed by atoms with E-state index in [1.54, 1.807) is 24.3 Å². The Kier molecular flexibility index (Phi) is 7.38. The first-order valence-electron chi connectivity index (χ1n) is 8.61. The van der Waals surface area contributed by atoms with E-state index in [0.29, 0.717) is 26.2 Å². The number of unbranched alkanes of at least 4 members (excludes halogenated alkanes) is 1. The Hall–Kier alpha value is -2.25. The number of nitrogens with zero attached hydrogens (tertiary/aromatic N) is 3. The van der Waals surface area contributed by atoms with Crippen LogP contribution < -0.4 is 10.6 Å². The molecule has 134 valence electrons. The third kappa shape index (κ3) is 6.10. The van der Waals surface area contributed by atoms with Crippen LogP contribution in [0.4, 0.5) is 9.59 Å². The third-order valence-electron chi connectivity index (χ3n) is 4.04. The third-order valence-corrected chi connectivity index (χ3v) is 4.04. The number of imidazole rings is 1. The average Bonchev–Trinajstić information content (AvgIpc) is 3.09. The topological polar surface area (TPSA) is 88.5 Å². The zero-order chi connectivity index (χ0) is 17.2. The highest BCUT2D eigenvalue weighted by Gasteiger charge is 2.24. The van der Waals surface area contributed by atoms with E-state index in [-0.39, 0.29) is 18.2 Å². The molecule has 0 aromatic carbocycles. The molecule has 0 saturated carbocycles. The summed E-state index contributed by atoms with van der Waals surface area (Å²) in [6, 6.07) is -0.0196. The number of amides is 3. The standard InChI is InChI=1S/C16H27N5O3/c1-2-24-16(23)21-10-5-14(6-11-21)19-15(22)18-7-3-4-9-20-12-8-17-13-20/h8,12-14H,2-7,9-11H2,1H3,(H2,18,19,22). The molecule has 8 heteroatoms. The number of hydrogen-bond acceptors (Lipinski definition) is 4. The summed E-state index contributed by atoms with van der Waals surface area (Å²) in [7, 11) is 0. The fourth-order valence-electron chi connectivity index (χ4n) is 2.70. The molecule has 2 rings (SSSR count). The van der Waals surface area contributed by atoms with Crippen molar-refractivity contribution in [1.82, 2.24) is 25.1 Å². The molecule has 1 fully saturated rings. The van der Waals surface area contributed by atoms with E-state index < -0.39 is 0 Å². The van der Waals surface area contributed by atoms with Crippen molar-refractivity contribution in [3.05, 3.63) is 18.7 Å². The van der Waals surface area contributed by atoms with Crippen LogP contribution in [0.5, 0.6) is 0 Å². The highest BCUT2D eigenvalue weighted by atomic mass is 16.6. The zero-order valence-electron chi connectivity index (χ0n) is 14.2. The van der Waals surface area contributed by atoms with Crippen LogP contribution in [0.3, 0.4) is 0 Å². The maximum atomic E-state index is 11.9. The molecule has 1 aliphatic rings. The number of rotatable bonds is 7. The molecule has 0 radical (unpaired) electrons. The van der Waals surface area contributed by atoms with E-state index in [1.165, 1.54) is 0 Å². The molecule has 0 spiro atoms. The number of hydrogen-bond donors (Lipinski definition) is 2. The van der Waals surface area contributed by atoms with Crippen molar-refractivity contribution < 1.29 is 14.3 Å². The molecule has 2 heterocycles. The number of likely N-dealkylation sites (tertiary alicyclic amines) is 1. The number of carbonyl (C=O) groups is 2. The van der Waals surface area contributed by atoms with Gasteiger partial charge >= 0.3 is 12.1 Å². The predicted molar refractivity (Wildman–Crippen MR) is 89.6 cm³/mol. The summed E-state index contributed by atoms with van der Waals surface area (Å²) in [5, 5.41) is 5.85. The molecule has 1 aromatic rings. The van der Waals surface area contributed by atoms with Gasteiger partial charge in [0.25, 0.3) is 0 Å². The van der Waals surface area contributed by atoms with Crippen LogP contribution in [0, 0.1) is 0 Å². The largest absolute Gasteiger partial charge is 0.450 e. The van der Waals surface area contributed by atoms with E-state index in [0.717, 1.165) is 32.2 Å². The Balaban J connectivity index is 1.52. The molecule has 1 aliphatic heterocycles. The van der Waals surface area contributed by atoms with Crippen LogP contribution in [0.15, 0.2) is 18.7 Å². The normalized spacial score (nSPS) is 15.1. The molecule has 1 saturated heterocycles. The lowest BCUT2D eigenvalue weighted by atomic mass is 10.1. The Labute approximate surface area is 142 Å². The highest BCUT2D eigenvalue weighted by molar-refractivity contribution is 5.74. The molecular weight excluding hydrogens is 310 g/mol. The molecule has 0 unspecified atom stereocenters. The molecule has 3 amide bonds. The summed E-state index contributed by atoms with van der Waals surface area (Å²) in [6.45, 7) is 4.99. The zero-order valence-corrected chi connectivity index (χ0v) is 14.2. The quantitative estimate of drug-likeness (QED) is 0.740. The predicted octanol–water partition coefficient (Wildman–Crippen LogP) is 1.58. The Morgan fingerprint density at radius 1 is 1.29 bits per heavy atom. The smallest absolute Gasteiger partial charge is 0.409 e. The van der Waals surface area contributed by atoms with Crippen molar-refractivity contribution in [2.45, 2.75) is 45.2 Å². The summed E-state index contributed by atoms with van der Waals surface area (Å²) in [5.41, 5.74) is 0. The minimum atomic E-state index is -0.265. The first-order valence-corrected chi connectivity index (χ1v) is 8.61. The van der Waals surface area contributed by atoms with Gasteiger partial charge in [-0.2, -0.15) is 0 Å². The SMILES string of the molecule is CCOC(=O)N1CCC(NC(=O)NCCCCn2ccnc2)CC1. The van der Waals surface area contributed by atoms with Gasteiger partial charge in [0.2, 0.25) is 0 Å². The van der Waals surface area contributed by atoms with Crippen LogP contribution in [0.1, 0.15) is 32.6 Å². The Bertz CT molecular complexity index is 498. The van der Waals surface area contributed by atoms with Gasteiger partial charge < -0.3 is 24.8 Å². The van der Waals surface area contributed by atoms with Gasteiger partial charge in [0.05, 0.1) is 12.9 Å². The number of nitrogens with one attached hydrogen (secondary N) is 2. The van der Waals surface area contributed by atoms with Gasteiger partial charge in [0, 0.05) is 44.6 Å². The summed E-state index contributed by atoms with van der Waals surface area (Å²) in [6.07, 6.45) is 8.66. The first kappa shape index (κ1) is 18.1. The van der Waals surface area contributed by atoms with Crippen molar-refractivity contribution in [2.75, 3.05) is 26.2 Å². The summed E-state index contributed by atoms with van der Waals surface area (Å²) in [5.74, 6) is 0. The van der Waals surface area contributed by atoms with Crippen molar-refractivity contribution in [1.29, 1.82) is 0 Å². The van der Waals surface area contributed by atoms with Gasteiger partial charge in [0.15, 0.2) is 0 Å². The summed E-state index contributed by atoms with van der Waals surface area (Å²) >= 11 is 0. The maximum Gasteiger partial charge on any atom is 0.409 e. The fourth-order valence-corrected chi connectivity index (χ4v) is 2.70. The number of aromatic nitrogens is 2. The number of urea groups is 1. The second-order valence-corrected chi connectivity index (χ2v) is 5.87. The van der Waals surface area contributed by atoms with Gasteiger partial charge in [-0.3, -0.25) is 0 Å². The second-order valence-electron chi connectivity index (χ2n) is 5.87. The van der Waals surface area contributed by atoms with Gasteiger partial charge in [-0.05, 0) is 32.6 Å². The lowest BCUT2D eigenvalue weighted by Crippen LogP contribution is -2.49. The fraction of sp³-hybridized carbons (Fsp3) is 0.688. The van der Waals surface area contributed by atoms with Crippen LogP contribution in [-0.2, 0) is 11.3 Å². The lowest BCUT2D eigenvalue weighted by molar-refractivity contribution is 0.0957. The molecule has 0 aliphatic carbocycles. The second kappa shape index (κ2) is 9.79. The van der Waals surface area contributed by atoms with Crippen molar-refractivity contribution in [2.24, 2.45) is 0 Å². The van der Waals surface area contributed by atoms with Gasteiger partial charge in [0.1, 0.15) is 0 Å². The Morgan fingerprint density at radius 2 is 2.08 bits per heavy atom. The minimum absolute atomic E-state index is 0.113. The van der Waals surface area contributed by atoms with Crippen LogP contribution in [-0.4, -0.2) is 58.9 Å². The number of carbonyl (C=O) groups excluding carboxylic acids is 2. The van der Waals surface area contributed by atoms with Crippen molar-refractivity contribution >= 4 is 12.1 Å². The molecule has 1 aromatic heterocycles. The minimum Gasteiger partial charge on any atom is -0.450 e. The summed E-state index contributed by atoms with van der Waals surface area (Å²) in [4.78, 5) is 29.2. The monoisotopic (exact) mass is 337 g/mol. The summed E-state index contributed by atoms with van der Waals surface area (Å²) < 4.78 is 7.01. The average molecular weight is 337 g/mol. The van der Waals surface area contributed by atoms with Crippen LogP contribution in [0.2, 0.25) is 0 Å². The van der Waals surface area contributed by atoms with E-state index in [4.69, 9.17) is 4.74 Å². The van der Waals surface area contributed by atoms with Gasteiger partial charge in [-0.1, -0.05) is 0 Å². The van der Waals surface area contributed by atoms with E-state index in [2.05, 4.69) is 15.6 Å². The molecule has 0 bridgehead atoms. The maximum absolute atomic E-state index is 11.9. The van der Waals surface area contributed by atoms with Gasteiger partial charge in [-0.25, -0.2) is 14.6 Å². The number of piperidine rings is 1. The molecular formula is C16H27N5O3. The molecule has 8 nitrogen and oxygen atoms in total. The number of ether oxygens (including phenoxy) is 1. The Morgan fingerprint density at radius 3 is 2.75 bits per heavy atom. The molecule has 2 N–H and O–H groups in total. The van der Waals surface area contributed by atoms with Crippen molar-refractivity contribution in [3.8, 4) is 0 Å². The number of aryl methyl sites for hydroxylation is 1. The van der Waals surface area contributed by atoms with E-state index in [1.807, 2.05) is 10.8 Å². The molecule has 24 heavy (non-hydrogen) atoms. The van der Waals surface area contributed by atoms with Crippen LogP contribution in [0.25, 0.3) is 0 Å². The van der Waals surface area contributed by atoms with E-state index in [9.17, 15) is 9.59 Å². The van der Waals surface area contributed by atoms with Crippen LogP contribution >= 0.6 is 0 Å². The van der Waals surface area contributed by atoms with Gasteiger partial charge in [-0.15, -0.1) is 0 Å². The highest BCUT2D eigenvalue weighted by Crippen LogP contribution is 2.11. The molecule has 0 atom stereocenters.